The number of carbonyl (C=O) groups is 1. The number of carbonyl (C=O) groups excluding carboxylic acids is 1. The standard InChI is InChI=1S/C21H22N2O/c1-14-10-11-15(2)16(12-14)13-23-20-9-4-3-7-19(20)22-18-8-5-6-17(18)21(23)24/h3-4,7,9-12,17H,5-6,8,13H2,1-2H3/t17-/m1/s1. The molecule has 0 spiro atoms. The Hall–Kier alpha value is -2.42. The Bertz CT molecular complexity index is 837. The topological polar surface area (TPSA) is 32.7 Å². The van der Waals surface area contributed by atoms with Gasteiger partial charge in [0.2, 0.25) is 5.91 Å². The quantitative estimate of drug-likeness (QED) is 0.788. The number of hydrogen-bond acceptors (Lipinski definition) is 2. The van der Waals surface area contributed by atoms with Crippen LogP contribution < -0.4 is 4.90 Å². The van der Waals surface area contributed by atoms with Gasteiger partial charge in [0.25, 0.3) is 0 Å². The van der Waals surface area contributed by atoms with Gasteiger partial charge in [-0.3, -0.25) is 9.79 Å². The number of hydrogen-bond donors (Lipinski definition) is 0. The number of nitrogens with zero attached hydrogens (tertiary/aromatic N) is 2. The Balaban J connectivity index is 1.79. The van der Waals surface area contributed by atoms with Gasteiger partial charge in [-0.2, -0.15) is 0 Å². The van der Waals surface area contributed by atoms with Crippen LogP contribution in [0.15, 0.2) is 47.5 Å². The molecule has 0 radical (unpaired) electrons. The lowest BCUT2D eigenvalue weighted by Crippen LogP contribution is -2.36. The molecule has 3 heteroatoms. The molecule has 1 atom stereocenters. The van der Waals surface area contributed by atoms with Gasteiger partial charge in [-0.15, -0.1) is 0 Å². The molecule has 0 bridgehead atoms. The molecule has 24 heavy (non-hydrogen) atoms. The van der Waals surface area contributed by atoms with E-state index in [2.05, 4.69) is 32.0 Å². The lowest BCUT2D eigenvalue weighted by molar-refractivity contribution is -0.120. The van der Waals surface area contributed by atoms with Crippen LogP contribution in [0.5, 0.6) is 0 Å². The van der Waals surface area contributed by atoms with Gasteiger partial charge in [0.1, 0.15) is 0 Å². The molecule has 0 saturated heterocycles. The third kappa shape index (κ3) is 2.54. The van der Waals surface area contributed by atoms with Crippen LogP contribution in [0.1, 0.15) is 36.0 Å². The molecular formula is C21H22N2O. The molecule has 3 nitrogen and oxygen atoms in total. The molecule has 1 aliphatic carbocycles. The highest BCUT2D eigenvalue weighted by molar-refractivity contribution is 6.14. The van der Waals surface area contributed by atoms with Crippen LogP contribution in [0.4, 0.5) is 11.4 Å². The summed E-state index contributed by atoms with van der Waals surface area (Å²) < 4.78 is 0. The highest BCUT2D eigenvalue weighted by Crippen LogP contribution is 2.38. The lowest BCUT2D eigenvalue weighted by Gasteiger charge is -2.25. The van der Waals surface area contributed by atoms with E-state index in [9.17, 15) is 4.79 Å². The first kappa shape index (κ1) is 15.1. The Morgan fingerprint density at radius 2 is 2.00 bits per heavy atom. The average molecular weight is 318 g/mol. The van der Waals surface area contributed by atoms with E-state index in [1.807, 2.05) is 29.2 Å². The summed E-state index contributed by atoms with van der Waals surface area (Å²) in [5.41, 5.74) is 6.59. The normalized spacial score (nSPS) is 19.6. The van der Waals surface area contributed by atoms with E-state index in [0.717, 1.165) is 36.3 Å². The Labute approximate surface area is 143 Å². The van der Waals surface area contributed by atoms with E-state index < -0.39 is 0 Å². The molecule has 1 saturated carbocycles. The minimum absolute atomic E-state index is 0.0393. The fourth-order valence-corrected chi connectivity index (χ4v) is 3.78. The summed E-state index contributed by atoms with van der Waals surface area (Å²) in [4.78, 5) is 20.0. The molecule has 2 aliphatic rings. The monoisotopic (exact) mass is 318 g/mol. The maximum absolute atomic E-state index is 13.2. The van der Waals surface area contributed by atoms with Gasteiger partial charge in [-0.25, -0.2) is 0 Å². The van der Waals surface area contributed by atoms with Crippen LogP contribution in [0.2, 0.25) is 0 Å². The van der Waals surface area contributed by atoms with Crippen LogP contribution in [0, 0.1) is 19.8 Å². The van der Waals surface area contributed by atoms with Crippen molar-refractivity contribution in [3.05, 3.63) is 59.2 Å². The summed E-state index contributed by atoms with van der Waals surface area (Å²) in [5.74, 6) is 0.166. The van der Waals surface area contributed by atoms with E-state index in [1.165, 1.54) is 16.7 Å². The van der Waals surface area contributed by atoms with E-state index in [4.69, 9.17) is 4.99 Å². The predicted molar refractivity (Wildman–Crippen MR) is 98.0 cm³/mol. The first-order valence-electron chi connectivity index (χ1n) is 8.67. The largest absolute Gasteiger partial charge is 0.305 e. The zero-order valence-electron chi connectivity index (χ0n) is 14.2. The van der Waals surface area contributed by atoms with Gasteiger partial charge in [-0.1, -0.05) is 35.9 Å². The molecule has 1 aliphatic heterocycles. The van der Waals surface area contributed by atoms with E-state index in [0.29, 0.717) is 6.54 Å². The molecule has 0 aromatic heterocycles. The molecule has 1 amide bonds. The Morgan fingerprint density at radius 1 is 1.17 bits per heavy atom. The molecule has 1 heterocycles. The van der Waals surface area contributed by atoms with E-state index in [1.54, 1.807) is 0 Å². The molecule has 2 aromatic carbocycles. The summed E-state index contributed by atoms with van der Waals surface area (Å²) in [7, 11) is 0. The van der Waals surface area contributed by atoms with Gasteiger partial charge < -0.3 is 4.90 Å². The van der Waals surface area contributed by atoms with Crippen LogP contribution in [0.3, 0.4) is 0 Å². The molecule has 2 aromatic rings. The second kappa shape index (κ2) is 5.90. The first-order chi connectivity index (χ1) is 11.6. The fraction of sp³-hybridized carbons (Fsp3) is 0.333. The van der Waals surface area contributed by atoms with Gasteiger partial charge in [0.15, 0.2) is 0 Å². The van der Waals surface area contributed by atoms with Crippen molar-refractivity contribution in [3.8, 4) is 0 Å². The summed E-state index contributed by atoms with van der Waals surface area (Å²) in [5, 5.41) is 0. The SMILES string of the molecule is Cc1ccc(C)c(CN2C(=O)[C@@H]3CCCC3=Nc3ccccc32)c1. The van der Waals surface area contributed by atoms with Crippen LogP contribution in [-0.2, 0) is 11.3 Å². The van der Waals surface area contributed by atoms with Crippen molar-refractivity contribution < 1.29 is 4.79 Å². The van der Waals surface area contributed by atoms with Crippen LogP contribution in [0.25, 0.3) is 0 Å². The van der Waals surface area contributed by atoms with Crippen molar-refractivity contribution in [3.63, 3.8) is 0 Å². The zero-order valence-corrected chi connectivity index (χ0v) is 14.2. The summed E-state index contributed by atoms with van der Waals surface area (Å²) >= 11 is 0. The smallest absolute Gasteiger partial charge is 0.236 e. The van der Waals surface area contributed by atoms with Crippen LogP contribution >= 0.6 is 0 Å². The number of benzene rings is 2. The Kier molecular flexibility index (Phi) is 3.72. The van der Waals surface area contributed by atoms with Gasteiger partial charge >= 0.3 is 0 Å². The fourth-order valence-electron chi connectivity index (χ4n) is 3.78. The number of anilines is 1. The number of aryl methyl sites for hydroxylation is 2. The molecule has 0 unspecified atom stereocenters. The number of fused-ring (bicyclic) bond motifs is 2. The van der Waals surface area contributed by atoms with Gasteiger partial charge in [-0.05, 0) is 56.4 Å². The van der Waals surface area contributed by atoms with E-state index in [-0.39, 0.29) is 11.8 Å². The van der Waals surface area contributed by atoms with Crippen LogP contribution in [-0.4, -0.2) is 11.6 Å². The molecule has 1 fully saturated rings. The predicted octanol–water partition coefficient (Wildman–Crippen LogP) is 4.72. The zero-order chi connectivity index (χ0) is 16.7. The molecule has 122 valence electrons. The highest BCUT2D eigenvalue weighted by Gasteiger charge is 2.36. The molecule has 4 rings (SSSR count). The summed E-state index contributed by atoms with van der Waals surface area (Å²) in [6.07, 6.45) is 2.94. The minimum atomic E-state index is -0.0393. The van der Waals surface area contributed by atoms with Crippen molar-refractivity contribution in [1.29, 1.82) is 0 Å². The summed E-state index contributed by atoms with van der Waals surface area (Å²) in [6, 6.07) is 14.5. The summed E-state index contributed by atoms with van der Waals surface area (Å²) in [6.45, 7) is 4.82. The number of amides is 1. The lowest BCUT2D eigenvalue weighted by atomic mass is 10.0. The van der Waals surface area contributed by atoms with Crippen molar-refractivity contribution in [1.82, 2.24) is 0 Å². The van der Waals surface area contributed by atoms with E-state index >= 15 is 0 Å². The Morgan fingerprint density at radius 3 is 2.88 bits per heavy atom. The second-order valence-electron chi connectivity index (χ2n) is 6.89. The van der Waals surface area contributed by atoms with Crippen molar-refractivity contribution in [2.45, 2.75) is 39.7 Å². The maximum atomic E-state index is 13.2. The number of aliphatic imine (C=N–C) groups is 1. The number of rotatable bonds is 2. The third-order valence-corrected chi connectivity index (χ3v) is 5.16. The highest BCUT2D eigenvalue weighted by atomic mass is 16.2. The first-order valence-corrected chi connectivity index (χ1v) is 8.67. The van der Waals surface area contributed by atoms with Crippen molar-refractivity contribution in [2.75, 3.05) is 4.90 Å². The average Bonchev–Trinajstić information content (AvgIpc) is 3.00. The van der Waals surface area contributed by atoms with Crippen molar-refractivity contribution >= 4 is 23.0 Å². The molecule has 0 N–H and O–H groups in total. The van der Waals surface area contributed by atoms with Gasteiger partial charge in [0.05, 0.1) is 23.8 Å². The van der Waals surface area contributed by atoms with Gasteiger partial charge in [0, 0.05) is 5.71 Å². The second-order valence-corrected chi connectivity index (χ2v) is 6.89. The van der Waals surface area contributed by atoms with Crippen molar-refractivity contribution in [2.24, 2.45) is 10.9 Å². The number of para-hydroxylation sites is 2. The third-order valence-electron chi connectivity index (χ3n) is 5.16. The maximum Gasteiger partial charge on any atom is 0.236 e. The minimum Gasteiger partial charge on any atom is -0.305 e. The molecular weight excluding hydrogens is 296 g/mol.